The molecule has 1 aliphatic heterocycles. The number of allylic oxidation sites excluding steroid dienone is 1. The molecule has 0 spiro atoms. The molecule has 56 valence electrons. The van der Waals surface area contributed by atoms with Crippen molar-refractivity contribution in [2.45, 2.75) is 5.25 Å². The SMILES string of the molecule is NC1=CNC(F)(Cl)C=C1I. The Morgan fingerprint density at radius 2 is 2.40 bits per heavy atom. The fraction of sp³-hybridized carbons (Fsp3) is 0.200. The number of nitrogens with one attached hydrogen (secondary N) is 1. The van der Waals surface area contributed by atoms with Crippen molar-refractivity contribution >= 4 is 34.2 Å². The summed E-state index contributed by atoms with van der Waals surface area (Å²) >= 11 is 7.18. The normalized spacial score (nSPS) is 32.3. The van der Waals surface area contributed by atoms with Crippen LogP contribution in [0.2, 0.25) is 0 Å². The smallest absolute Gasteiger partial charge is 0.276 e. The van der Waals surface area contributed by atoms with Crippen molar-refractivity contribution in [1.29, 1.82) is 0 Å². The van der Waals surface area contributed by atoms with E-state index >= 15 is 0 Å². The van der Waals surface area contributed by atoms with E-state index in [2.05, 4.69) is 5.32 Å². The van der Waals surface area contributed by atoms with Crippen molar-refractivity contribution in [3.63, 3.8) is 0 Å². The Morgan fingerprint density at radius 3 is 2.80 bits per heavy atom. The van der Waals surface area contributed by atoms with Gasteiger partial charge in [-0.1, -0.05) is 11.6 Å². The average Bonchev–Trinajstić information content (AvgIpc) is 1.79. The Hall–Kier alpha value is 0.0300. The molecule has 0 fully saturated rings. The molecular weight excluding hydrogens is 269 g/mol. The number of dihydropyridines is 1. The van der Waals surface area contributed by atoms with E-state index in [1.807, 2.05) is 22.6 Å². The van der Waals surface area contributed by atoms with Gasteiger partial charge in [0.25, 0.3) is 5.25 Å². The zero-order valence-corrected chi connectivity index (χ0v) is 7.78. The first kappa shape index (κ1) is 8.13. The first-order valence-electron chi connectivity index (χ1n) is 2.51. The average molecular weight is 274 g/mol. The van der Waals surface area contributed by atoms with Gasteiger partial charge in [0.05, 0.1) is 5.70 Å². The minimum absolute atomic E-state index is 0.495. The van der Waals surface area contributed by atoms with E-state index in [0.717, 1.165) is 0 Å². The van der Waals surface area contributed by atoms with Gasteiger partial charge < -0.3 is 11.1 Å². The molecule has 1 aliphatic rings. The highest BCUT2D eigenvalue weighted by atomic mass is 127. The van der Waals surface area contributed by atoms with E-state index in [-0.39, 0.29) is 0 Å². The van der Waals surface area contributed by atoms with Crippen LogP contribution < -0.4 is 11.1 Å². The highest BCUT2D eigenvalue weighted by Gasteiger charge is 2.25. The Bertz CT molecular complexity index is 212. The second-order valence-electron chi connectivity index (χ2n) is 1.86. The molecule has 0 aromatic heterocycles. The van der Waals surface area contributed by atoms with Gasteiger partial charge in [0, 0.05) is 15.9 Å². The number of rotatable bonds is 0. The van der Waals surface area contributed by atoms with Crippen molar-refractivity contribution in [2.24, 2.45) is 5.73 Å². The van der Waals surface area contributed by atoms with Crippen molar-refractivity contribution in [2.75, 3.05) is 0 Å². The zero-order valence-electron chi connectivity index (χ0n) is 4.87. The van der Waals surface area contributed by atoms with Gasteiger partial charge in [0.1, 0.15) is 0 Å². The van der Waals surface area contributed by atoms with Crippen molar-refractivity contribution in [3.8, 4) is 0 Å². The summed E-state index contributed by atoms with van der Waals surface area (Å²) in [6, 6.07) is 0. The lowest BCUT2D eigenvalue weighted by atomic mass is 10.3. The molecule has 3 N–H and O–H groups in total. The number of hydrogen-bond acceptors (Lipinski definition) is 2. The maximum Gasteiger partial charge on any atom is 0.276 e. The van der Waals surface area contributed by atoms with E-state index < -0.39 is 5.25 Å². The summed E-state index contributed by atoms with van der Waals surface area (Å²) in [6.45, 7) is 0. The largest absolute Gasteiger partial charge is 0.397 e. The first-order chi connectivity index (χ1) is 4.51. The van der Waals surface area contributed by atoms with Crippen LogP contribution in [0.3, 0.4) is 0 Å². The second kappa shape index (κ2) is 2.58. The predicted octanol–water partition coefficient (Wildman–Crippen LogP) is 1.57. The lowest BCUT2D eigenvalue weighted by molar-refractivity contribution is 0.309. The fourth-order valence-corrected chi connectivity index (χ4v) is 1.46. The zero-order chi connectivity index (χ0) is 7.78. The molecule has 0 aliphatic carbocycles. The molecule has 0 amide bonds. The maximum atomic E-state index is 12.8. The van der Waals surface area contributed by atoms with Gasteiger partial charge in [0.2, 0.25) is 0 Å². The third-order valence-corrected chi connectivity index (χ3v) is 2.16. The molecule has 0 bridgehead atoms. The van der Waals surface area contributed by atoms with E-state index in [1.165, 1.54) is 12.3 Å². The molecule has 0 aromatic carbocycles. The van der Waals surface area contributed by atoms with Gasteiger partial charge in [0.15, 0.2) is 0 Å². The Kier molecular flexibility index (Phi) is 2.10. The maximum absolute atomic E-state index is 12.8. The van der Waals surface area contributed by atoms with E-state index in [4.69, 9.17) is 17.3 Å². The Morgan fingerprint density at radius 1 is 1.80 bits per heavy atom. The number of halogens is 3. The molecular formula is C5H5ClFIN2. The standard InChI is InChI=1S/C5H5ClFIN2/c6-5(7)1-3(8)4(9)2-10-5/h1-2,10H,9H2. The molecule has 1 unspecified atom stereocenters. The van der Waals surface area contributed by atoms with E-state index in [1.54, 1.807) is 0 Å². The summed E-state index contributed by atoms with van der Waals surface area (Å²) in [5.74, 6) is 0. The predicted molar refractivity (Wildman–Crippen MR) is 47.2 cm³/mol. The summed E-state index contributed by atoms with van der Waals surface area (Å²) in [4.78, 5) is 0. The van der Waals surface area contributed by atoms with Crippen LogP contribution in [-0.4, -0.2) is 5.25 Å². The molecule has 1 atom stereocenters. The second-order valence-corrected chi connectivity index (χ2v) is 3.57. The van der Waals surface area contributed by atoms with Gasteiger partial charge in [-0.25, -0.2) is 0 Å². The van der Waals surface area contributed by atoms with E-state index in [9.17, 15) is 4.39 Å². The summed E-state index contributed by atoms with van der Waals surface area (Å²) in [5, 5.41) is 0.296. The van der Waals surface area contributed by atoms with Crippen LogP contribution >= 0.6 is 34.2 Å². The van der Waals surface area contributed by atoms with Crippen molar-refractivity contribution in [1.82, 2.24) is 5.32 Å². The molecule has 2 nitrogen and oxygen atoms in total. The Balaban J connectivity index is 2.87. The fourth-order valence-electron chi connectivity index (χ4n) is 0.527. The molecule has 0 radical (unpaired) electrons. The van der Waals surface area contributed by atoms with Crippen molar-refractivity contribution < 1.29 is 4.39 Å². The minimum Gasteiger partial charge on any atom is -0.397 e. The molecule has 10 heavy (non-hydrogen) atoms. The summed E-state index contributed by atoms with van der Waals surface area (Å²) < 4.78 is 13.4. The lowest BCUT2D eigenvalue weighted by Crippen LogP contribution is -2.32. The number of nitrogens with two attached hydrogens (primary N) is 1. The van der Waals surface area contributed by atoms with Crippen LogP contribution in [0.4, 0.5) is 4.39 Å². The third-order valence-electron chi connectivity index (χ3n) is 1.00. The number of alkyl halides is 2. The molecule has 0 saturated heterocycles. The van der Waals surface area contributed by atoms with Crippen LogP contribution in [0.15, 0.2) is 21.6 Å². The summed E-state index contributed by atoms with van der Waals surface area (Å²) in [7, 11) is 0. The minimum atomic E-state index is -1.97. The monoisotopic (exact) mass is 274 g/mol. The Labute approximate surface area is 76.4 Å². The third kappa shape index (κ3) is 1.76. The van der Waals surface area contributed by atoms with Gasteiger partial charge in [-0.2, -0.15) is 4.39 Å². The lowest BCUT2D eigenvalue weighted by Gasteiger charge is -2.19. The highest BCUT2D eigenvalue weighted by molar-refractivity contribution is 14.1. The molecule has 1 rings (SSSR count). The quantitative estimate of drug-likeness (QED) is 0.400. The molecule has 1 heterocycles. The van der Waals surface area contributed by atoms with Gasteiger partial charge in [-0.3, -0.25) is 0 Å². The van der Waals surface area contributed by atoms with Crippen LogP contribution in [0, 0.1) is 0 Å². The molecule has 5 heteroatoms. The van der Waals surface area contributed by atoms with Crippen LogP contribution in [0.25, 0.3) is 0 Å². The number of hydrogen-bond donors (Lipinski definition) is 2. The molecule has 0 aromatic rings. The molecule has 0 saturated carbocycles. The van der Waals surface area contributed by atoms with Gasteiger partial charge in [-0.05, 0) is 22.6 Å². The van der Waals surface area contributed by atoms with Crippen LogP contribution in [0.5, 0.6) is 0 Å². The van der Waals surface area contributed by atoms with E-state index in [0.29, 0.717) is 9.28 Å². The van der Waals surface area contributed by atoms with Gasteiger partial charge in [-0.15, -0.1) is 0 Å². The summed E-state index contributed by atoms with van der Waals surface area (Å²) in [5.41, 5.74) is 5.89. The topological polar surface area (TPSA) is 38.0 Å². The summed E-state index contributed by atoms with van der Waals surface area (Å²) in [6.07, 6.45) is 2.55. The first-order valence-corrected chi connectivity index (χ1v) is 3.97. The van der Waals surface area contributed by atoms with Crippen LogP contribution in [0.1, 0.15) is 0 Å². The highest BCUT2D eigenvalue weighted by Crippen LogP contribution is 2.26. The van der Waals surface area contributed by atoms with Crippen molar-refractivity contribution in [3.05, 3.63) is 21.6 Å². The van der Waals surface area contributed by atoms with Gasteiger partial charge >= 0.3 is 0 Å². The van der Waals surface area contributed by atoms with Crippen LogP contribution in [-0.2, 0) is 0 Å².